The smallest absolute Gasteiger partial charge is 0.138 e. The molecule has 3 rings (SSSR count). The molecule has 0 saturated carbocycles. The van der Waals surface area contributed by atoms with Crippen LogP contribution < -0.4 is 14.8 Å². The molecule has 0 radical (unpaired) electrons. The van der Waals surface area contributed by atoms with Gasteiger partial charge in [0.15, 0.2) is 0 Å². The van der Waals surface area contributed by atoms with Crippen molar-refractivity contribution in [3.05, 3.63) is 21.2 Å². The predicted molar refractivity (Wildman–Crippen MR) is 79.4 cm³/mol. The average Bonchev–Trinajstić information content (AvgIpc) is 2.93. The third kappa shape index (κ3) is 2.15. The summed E-state index contributed by atoms with van der Waals surface area (Å²) in [5.74, 6) is 2.15. The molecular weight excluding hydrogens is 306 g/mol. The van der Waals surface area contributed by atoms with E-state index in [4.69, 9.17) is 9.47 Å². The van der Waals surface area contributed by atoms with Crippen LogP contribution in [0.3, 0.4) is 0 Å². The van der Waals surface area contributed by atoms with E-state index in [0.29, 0.717) is 0 Å². The Morgan fingerprint density at radius 1 is 1.11 bits per heavy atom. The summed E-state index contributed by atoms with van der Waals surface area (Å²) in [4.78, 5) is 0. The second-order valence-corrected chi connectivity index (χ2v) is 6.32. The van der Waals surface area contributed by atoms with Crippen LogP contribution in [-0.2, 0) is 19.3 Å². The Morgan fingerprint density at radius 2 is 1.74 bits per heavy atom. The van der Waals surface area contributed by atoms with Crippen molar-refractivity contribution in [1.29, 1.82) is 0 Å². The van der Waals surface area contributed by atoms with E-state index < -0.39 is 0 Å². The minimum atomic E-state index is 0.264. The Bertz CT molecular complexity index is 476. The van der Waals surface area contributed by atoms with Gasteiger partial charge < -0.3 is 14.8 Å². The lowest BCUT2D eigenvalue weighted by molar-refractivity contribution is 0.251. The van der Waals surface area contributed by atoms with Crippen molar-refractivity contribution in [3.63, 3.8) is 0 Å². The number of likely N-dealkylation sites (N-methyl/N-ethyl adjacent to an activating group) is 1. The Kier molecular flexibility index (Phi) is 3.48. The number of hydrogen-bond donors (Lipinski definition) is 1. The lowest BCUT2D eigenvalue weighted by atomic mass is 9.96. The van der Waals surface area contributed by atoms with Gasteiger partial charge in [-0.2, -0.15) is 0 Å². The molecule has 3 nitrogen and oxygen atoms in total. The fourth-order valence-electron chi connectivity index (χ4n) is 3.06. The minimum absolute atomic E-state index is 0.264. The van der Waals surface area contributed by atoms with Crippen LogP contribution in [0.25, 0.3) is 0 Å². The van der Waals surface area contributed by atoms with Crippen LogP contribution in [0.2, 0.25) is 0 Å². The van der Waals surface area contributed by atoms with Crippen LogP contribution in [0.1, 0.15) is 30.5 Å². The normalized spacial score (nSPS) is 23.8. The van der Waals surface area contributed by atoms with Crippen LogP contribution in [0.4, 0.5) is 0 Å². The summed E-state index contributed by atoms with van der Waals surface area (Å²) in [7, 11) is 1.99. The van der Waals surface area contributed by atoms with E-state index in [1.807, 2.05) is 7.05 Å². The van der Waals surface area contributed by atoms with Gasteiger partial charge in [0.25, 0.3) is 0 Å². The maximum Gasteiger partial charge on any atom is 0.138 e. The molecule has 0 aliphatic carbocycles. The molecular formula is C15H20BrNO2. The SMILES string of the molecule is CNCCc1c2c(c(Br)c3c1OC(C)C3)OC(C)C2. The van der Waals surface area contributed by atoms with Gasteiger partial charge in [-0.05, 0) is 49.8 Å². The molecule has 2 aliphatic heterocycles. The van der Waals surface area contributed by atoms with Crippen LogP contribution in [0, 0.1) is 0 Å². The molecule has 2 atom stereocenters. The Balaban J connectivity index is 2.12. The van der Waals surface area contributed by atoms with Gasteiger partial charge in [-0.25, -0.2) is 0 Å². The third-order valence-electron chi connectivity index (χ3n) is 3.90. The zero-order valence-electron chi connectivity index (χ0n) is 11.7. The summed E-state index contributed by atoms with van der Waals surface area (Å²) in [6, 6.07) is 0. The van der Waals surface area contributed by atoms with Crippen LogP contribution in [-0.4, -0.2) is 25.8 Å². The Hall–Kier alpha value is -0.740. The van der Waals surface area contributed by atoms with Crippen molar-refractivity contribution in [3.8, 4) is 11.5 Å². The molecule has 0 fully saturated rings. The van der Waals surface area contributed by atoms with E-state index in [2.05, 4.69) is 35.1 Å². The summed E-state index contributed by atoms with van der Waals surface area (Å²) < 4.78 is 13.2. The number of hydrogen-bond acceptors (Lipinski definition) is 3. The zero-order valence-corrected chi connectivity index (χ0v) is 13.3. The van der Waals surface area contributed by atoms with E-state index in [0.717, 1.165) is 41.8 Å². The first-order valence-corrected chi connectivity index (χ1v) is 7.75. The Labute approximate surface area is 122 Å². The van der Waals surface area contributed by atoms with Gasteiger partial charge in [-0.3, -0.25) is 0 Å². The van der Waals surface area contributed by atoms with Crippen LogP contribution in [0.15, 0.2) is 4.47 Å². The molecule has 1 aromatic rings. The molecule has 0 bridgehead atoms. The quantitative estimate of drug-likeness (QED) is 0.927. The summed E-state index contributed by atoms with van der Waals surface area (Å²) in [5.41, 5.74) is 3.96. The lowest BCUT2D eigenvalue weighted by Crippen LogP contribution is -2.13. The van der Waals surface area contributed by atoms with Crippen LogP contribution >= 0.6 is 15.9 Å². The largest absolute Gasteiger partial charge is 0.490 e. The van der Waals surface area contributed by atoms with E-state index in [1.165, 1.54) is 16.7 Å². The van der Waals surface area contributed by atoms with Crippen molar-refractivity contribution >= 4 is 15.9 Å². The summed E-state index contributed by atoms with van der Waals surface area (Å²) in [6.45, 7) is 5.22. The first kappa shape index (κ1) is 13.3. The first-order valence-electron chi connectivity index (χ1n) is 6.95. The number of fused-ring (bicyclic) bond motifs is 2. The van der Waals surface area contributed by atoms with E-state index in [9.17, 15) is 0 Å². The molecule has 0 aromatic heterocycles. The maximum absolute atomic E-state index is 6.06. The van der Waals surface area contributed by atoms with Gasteiger partial charge >= 0.3 is 0 Å². The summed E-state index contributed by atoms with van der Waals surface area (Å²) in [5, 5.41) is 3.23. The average molecular weight is 326 g/mol. The molecule has 104 valence electrons. The molecule has 1 aromatic carbocycles. The zero-order chi connectivity index (χ0) is 13.6. The number of benzene rings is 1. The molecule has 4 heteroatoms. The number of nitrogens with one attached hydrogen (secondary N) is 1. The highest BCUT2D eigenvalue weighted by molar-refractivity contribution is 9.10. The van der Waals surface area contributed by atoms with Gasteiger partial charge in [0, 0.05) is 29.5 Å². The van der Waals surface area contributed by atoms with Crippen molar-refractivity contribution in [2.24, 2.45) is 0 Å². The highest BCUT2D eigenvalue weighted by Gasteiger charge is 2.34. The van der Waals surface area contributed by atoms with E-state index in [1.54, 1.807) is 0 Å². The summed E-state index contributed by atoms with van der Waals surface area (Å²) in [6.07, 6.45) is 3.47. The lowest BCUT2D eigenvalue weighted by Gasteiger charge is -2.15. The van der Waals surface area contributed by atoms with Crippen molar-refractivity contribution in [1.82, 2.24) is 5.32 Å². The standard InChI is InChI=1S/C15H20BrNO2/c1-8-6-11-10(4-5-17-3)14-12(7-9(2)18-14)13(16)15(11)19-8/h8-9,17H,4-7H2,1-3H3. The highest BCUT2D eigenvalue weighted by Crippen LogP contribution is 2.49. The molecule has 0 saturated heterocycles. The maximum atomic E-state index is 6.06. The van der Waals surface area contributed by atoms with Crippen LogP contribution in [0.5, 0.6) is 11.5 Å². The molecule has 1 N–H and O–H groups in total. The molecule has 2 heterocycles. The van der Waals surface area contributed by atoms with Gasteiger partial charge in [0.2, 0.25) is 0 Å². The van der Waals surface area contributed by atoms with Gasteiger partial charge in [0.1, 0.15) is 23.7 Å². The second kappa shape index (κ2) is 4.98. The second-order valence-electron chi connectivity index (χ2n) is 5.53. The minimum Gasteiger partial charge on any atom is -0.490 e. The first-order chi connectivity index (χ1) is 9.11. The number of halogens is 1. The molecule has 19 heavy (non-hydrogen) atoms. The monoisotopic (exact) mass is 325 g/mol. The highest BCUT2D eigenvalue weighted by atomic mass is 79.9. The molecule has 2 aliphatic rings. The third-order valence-corrected chi connectivity index (χ3v) is 4.74. The van der Waals surface area contributed by atoms with Crippen molar-refractivity contribution in [2.75, 3.05) is 13.6 Å². The topological polar surface area (TPSA) is 30.5 Å². The van der Waals surface area contributed by atoms with E-state index in [-0.39, 0.29) is 12.2 Å². The van der Waals surface area contributed by atoms with Crippen molar-refractivity contribution < 1.29 is 9.47 Å². The molecule has 0 amide bonds. The molecule has 0 spiro atoms. The van der Waals surface area contributed by atoms with E-state index >= 15 is 0 Å². The number of rotatable bonds is 3. The Morgan fingerprint density at radius 3 is 2.42 bits per heavy atom. The fraction of sp³-hybridized carbons (Fsp3) is 0.600. The summed E-state index contributed by atoms with van der Waals surface area (Å²) >= 11 is 3.72. The fourth-order valence-corrected chi connectivity index (χ4v) is 3.74. The van der Waals surface area contributed by atoms with Crippen molar-refractivity contribution in [2.45, 2.75) is 45.3 Å². The van der Waals surface area contributed by atoms with Gasteiger partial charge in [0.05, 0.1) is 4.47 Å². The van der Waals surface area contributed by atoms with Gasteiger partial charge in [-0.1, -0.05) is 0 Å². The number of ether oxygens (including phenoxy) is 2. The molecule has 2 unspecified atom stereocenters. The van der Waals surface area contributed by atoms with Gasteiger partial charge in [-0.15, -0.1) is 0 Å². The predicted octanol–water partition coefficient (Wildman–Crippen LogP) is 2.86.